The van der Waals surface area contributed by atoms with E-state index in [0.717, 1.165) is 5.56 Å². The predicted octanol–water partition coefficient (Wildman–Crippen LogP) is 1.30. The van der Waals surface area contributed by atoms with Crippen LogP contribution in [0.25, 0.3) is 21.6 Å². The fraction of sp³-hybridized carbons (Fsp3) is 0.176. The maximum Gasteiger partial charge on any atom is 0.268 e. The Bertz CT molecular complexity index is 1150. The monoisotopic (exact) mass is 381 g/mol. The number of fused-ring (bicyclic) bond motifs is 1. The number of carbonyl (C=O) groups excluding carboxylic acids is 1. The zero-order valence-corrected chi connectivity index (χ0v) is 15.2. The summed E-state index contributed by atoms with van der Waals surface area (Å²) in [6, 6.07) is 11.2. The van der Waals surface area contributed by atoms with E-state index in [1.54, 1.807) is 13.1 Å². The minimum atomic E-state index is -0.222. The van der Waals surface area contributed by atoms with Crippen LogP contribution in [0.1, 0.15) is 5.82 Å². The van der Waals surface area contributed by atoms with Crippen LogP contribution in [0.3, 0.4) is 0 Å². The molecule has 1 N–H and O–H groups in total. The number of nitrogens with one attached hydrogen (secondary N) is 1. The van der Waals surface area contributed by atoms with Crippen molar-refractivity contribution < 1.29 is 4.79 Å². The molecule has 0 radical (unpaired) electrons. The maximum atomic E-state index is 12.4. The first-order valence-electron chi connectivity index (χ1n) is 8.14. The maximum absolute atomic E-state index is 12.4. The molecule has 0 aliphatic heterocycles. The van der Waals surface area contributed by atoms with Gasteiger partial charge in [-0.05, 0) is 16.7 Å². The van der Waals surface area contributed by atoms with Gasteiger partial charge in [-0.2, -0.15) is 4.80 Å². The zero-order valence-electron chi connectivity index (χ0n) is 14.4. The van der Waals surface area contributed by atoms with Crippen molar-refractivity contribution in [3.8, 4) is 11.4 Å². The molecule has 27 heavy (non-hydrogen) atoms. The predicted molar refractivity (Wildman–Crippen MR) is 100.0 cm³/mol. The van der Waals surface area contributed by atoms with Gasteiger partial charge in [-0.25, -0.2) is 4.98 Å². The molecule has 0 bridgehead atoms. The lowest BCUT2D eigenvalue weighted by atomic mass is 10.2. The average Bonchev–Trinajstić information content (AvgIpc) is 3.32. The van der Waals surface area contributed by atoms with Crippen LogP contribution < -0.4 is 5.56 Å². The molecule has 4 rings (SSSR count). The summed E-state index contributed by atoms with van der Waals surface area (Å²) in [6.45, 7) is 0.126. The van der Waals surface area contributed by atoms with Gasteiger partial charge in [-0.3, -0.25) is 9.59 Å². The summed E-state index contributed by atoms with van der Waals surface area (Å²) in [6.07, 6.45) is 0. The SMILES string of the molecule is CN(Cc1nc2ccsc2c(=O)[nH]1)C(=O)Cn1nnc(-c2ccccc2)n1. The molecule has 0 saturated carbocycles. The fourth-order valence-electron chi connectivity index (χ4n) is 2.56. The van der Waals surface area contributed by atoms with E-state index in [-0.39, 0.29) is 24.6 Å². The number of aromatic nitrogens is 6. The number of benzene rings is 1. The molecule has 0 unspecified atom stereocenters. The number of tetrazole rings is 1. The first kappa shape index (κ1) is 17.0. The van der Waals surface area contributed by atoms with Gasteiger partial charge in [0.15, 0.2) is 0 Å². The number of hydrogen-bond acceptors (Lipinski definition) is 7. The van der Waals surface area contributed by atoms with E-state index in [1.807, 2.05) is 35.7 Å². The lowest BCUT2D eigenvalue weighted by molar-refractivity contribution is -0.131. The molecule has 4 aromatic rings. The fourth-order valence-corrected chi connectivity index (χ4v) is 3.29. The molecular formula is C17H15N7O2S. The van der Waals surface area contributed by atoms with E-state index in [4.69, 9.17) is 0 Å². The van der Waals surface area contributed by atoms with Crippen LogP contribution in [-0.2, 0) is 17.9 Å². The molecule has 0 atom stereocenters. The van der Waals surface area contributed by atoms with Crippen LogP contribution >= 0.6 is 11.3 Å². The van der Waals surface area contributed by atoms with Gasteiger partial charge in [0.1, 0.15) is 17.1 Å². The van der Waals surface area contributed by atoms with Crippen molar-refractivity contribution in [3.63, 3.8) is 0 Å². The lowest BCUT2D eigenvalue weighted by Crippen LogP contribution is -2.31. The molecule has 1 aromatic carbocycles. The molecular weight excluding hydrogens is 366 g/mol. The largest absolute Gasteiger partial charge is 0.337 e. The van der Waals surface area contributed by atoms with E-state index in [9.17, 15) is 9.59 Å². The second-order valence-corrected chi connectivity index (χ2v) is 6.82. The van der Waals surface area contributed by atoms with E-state index in [0.29, 0.717) is 21.9 Å². The molecule has 0 aliphatic rings. The number of likely N-dealkylation sites (N-methyl/N-ethyl adjacent to an activating group) is 1. The Kier molecular flexibility index (Phi) is 4.47. The summed E-state index contributed by atoms with van der Waals surface area (Å²) >= 11 is 1.34. The number of carbonyl (C=O) groups is 1. The Labute approximate surface area is 157 Å². The van der Waals surface area contributed by atoms with Crippen LogP contribution in [0.5, 0.6) is 0 Å². The van der Waals surface area contributed by atoms with Gasteiger partial charge in [0.25, 0.3) is 5.56 Å². The van der Waals surface area contributed by atoms with Gasteiger partial charge in [-0.1, -0.05) is 30.3 Å². The molecule has 136 valence electrons. The Balaban J connectivity index is 1.45. The van der Waals surface area contributed by atoms with Crippen molar-refractivity contribution in [3.05, 3.63) is 58.0 Å². The van der Waals surface area contributed by atoms with Crippen molar-refractivity contribution >= 4 is 27.5 Å². The van der Waals surface area contributed by atoms with Crippen LogP contribution in [0.4, 0.5) is 0 Å². The Morgan fingerprint density at radius 3 is 2.89 bits per heavy atom. The van der Waals surface area contributed by atoms with Crippen molar-refractivity contribution in [1.29, 1.82) is 0 Å². The molecule has 1 amide bonds. The van der Waals surface area contributed by atoms with Gasteiger partial charge < -0.3 is 9.88 Å². The first-order chi connectivity index (χ1) is 13.1. The molecule has 0 spiro atoms. The highest BCUT2D eigenvalue weighted by molar-refractivity contribution is 7.17. The number of hydrogen-bond donors (Lipinski definition) is 1. The van der Waals surface area contributed by atoms with Gasteiger partial charge in [0.2, 0.25) is 11.7 Å². The normalized spacial score (nSPS) is 11.0. The third kappa shape index (κ3) is 3.60. The highest BCUT2D eigenvalue weighted by Crippen LogP contribution is 2.14. The Hall–Kier alpha value is -3.40. The third-order valence-electron chi connectivity index (χ3n) is 3.94. The van der Waals surface area contributed by atoms with Crippen LogP contribution in [0.2, 0.25) is 0 Å². The smallest absolute Gasteiger partial charge is 0.268 e. The molecule has 3 heterocycles. The first-order valence-corrected chi connectivity index (χ1v) is 9.02. The second kappa shape index (κ2) is 7.08. The van der Waals surface area contributed by atoms with Gasteiger partial charge >= 0.3 is 0 Å². The zero-order chi connectivity index (χ0) is 18.8. The summed E-state index contributed by atoms with van der Waals surface area (Å²) in [4.78, 5) is 34.3. The average molecular weight is 381 g/mol. The number of H-pyrrole nitrogens is 1. The molecule has 0 saturated heterocycles. The minimum Gasteiger partial charge on any atom is -0.337 e. The quantitative estimate of drug-likeness (QED) is 0.558. The number of thiophene rings is 1. The van der Waals surface area contributed by atoms with Crippen molar-refractivity contribution in [2.75, 3.05) is 7.05 Å². The highest BCUT2D eigenvalue weighted by atomic mass is 32.1. The summed E-state index contributed by atoms with van der Waals surface area (Å²) in [5.74, 6) is 0.665. The van der Waals surface area contributed by atoms with Crippen molar-refractivity contribution in [2.45, 2.75) is 13.1 Å². The molecule has 0 aliphatic carbocycles. The van der Waals surface area contributed by atoms with Crippen LogP contribution in [0.15, 0.2) is 46.6 Å². The molecule has 0 fully saturated rings. The Morgan fingerprint density at radius 1 is 1.26 bits per heavy atom. The third-order valence-corrected chi connectivity index (χ3v) is 4.84. The van der Waals surface area contributed by atoms with E-state index < -0.39 is 0 Å². The van der Waals surface area contributed by atoms with E-state index in [2.05, 4.69) is 25.4 Å². The lowest BCUT2D eigenvalue weighted by Gasteiger charge is -2.15. The van der Waals surface area contributed by atoms with Crippen molar-refractivity contribution in [2.24, 2.45) is 0 Å². The van der Waals surface area contributed by atoms with E-state index >= 15 is 0 Å². The summed E-state index contributed by atoms with van der Waals surface area (Å²) in [7, 11) is 1.63. The van der Waals surface area contributed by atoms with Gasteiger partial charge in [-0.15, -0.1) is 21.5 Å². The van der Waals surface area contributed by atoms with E-state index in [1.165, 1.54) is 21.0 Å². The Morgan fingerprint density at radius 2 is 2.07 bits per heavy atom. The molecule has 9 nitrogen and oxygen atoms in total. The summed E-state index contributed by atoms with van der Waals surface area (Å²) in [5.41, 5.74) is 1.26. The van der Waals surface area contributed by atoms with Crippen LogP contribution in [-0.4, -0.2) is 48.0 Å². The topological polar surface area (TPSA) is 110 Å². The highest BCUT2D eigenvalue weighted by Gasteiger charge is 2.15. The van der Waals surface area contributed by atoms with Gasteiger partial charge in [0, 0.05) is 12.6 Å². The standard InChI is InChI=1S/C17H15N7O2S/c1-23(9-13-18-12-7-8-27-15(12)17(26)19-13)14(25)10-24-21-16(20-22-24)11-5-3-2-4-6-11/h2-8H,9-10H2,1H3,(H,18,19,26). The minimum absolute atomic E-state index is 0.0543. The second-order valence-electron chi connectivity index (χ2n) is 5.91. The number of nitrogens with zero attached hydrogens (tertiary/aromatic N) is 6. The van der Waals surface area contributed by atoms with Crippen LogP contribution in [0, 0.1) is 0 Å². The van der Waals surface area contributed by atoms with Gasteiger partial charge in [0.05, 0.1) is 12.1 Å². The molecule has 10 heteroatoms. The summed E-state index contributed by atoms with van der Waals surface area (Å²) in [5, 5.41) is 13.9. The van der Waals surface area contributed by atoms with Crippen molar-refractivity contribution in [1.82, 2.24) is 35.1 Å². The number of rotatable bonds is 5. The summed E-state index contributed by atoms with van der Waals surface area (Å²) < 4.78 is 0.577. The molecule has 3 aromatic heterocycles. The number of aromatic amines is 1. The number of amides is 1.